The molecule has 0 aliphatic heterocycles. The predicted octanol–water partition coefficient (Wildman–Crippen LogP) is 2.31. The van der Waals surface area contributed by atoms with Crippen LogP contribution in [0.1, 0.15) is 17.5 Å². The molecule has 0 spiro atoms. The number of halogens is 1. The molecule has 0 aliphatic carbocycles. The Kier molecular flexibility index (Phi) is 3.49. The Morgan fingerprint density at radius 1 is 1.59 bits per heavy atom. The van der Waals surface area contributed by atoms with Crippen molar-refractivity contribution < 1.29 is 14.3 Å². The van der Waals surface area contributed by atoms with Gasteiger partial charge in [-0.15, -0.1) is 0 Å². The van der Waals surface area contributed by atoms with Crippen molar-refractivity contribution in [2.75, 3.05) is 6.54 Å². The van der Waals surface area contributed by atoms with Gasteiger partial charge in [-0.05, 0) is 35.0 Å². The minimum absolute atomic E-state index is 0.205. The molecule has 5 heteroatoms. The van der Waals surface area contributed by atoms with Crippen molar-refractivity contribution in [3.8, 4) is 0 Å². The number of furan rings is 1. The average Bonchev–Trinajstić information content (AvgIpc) is 2.71. The number of para-hydroxylation sites is 1. The van der Waals surface area contributed by atoms with Crippen LogP contribution < -0.4 is 5.32 Å². The van der Waals surface area contributed by atoms with Crippen LogP contribution in [0.25, 0.3) is 11.0 Å². The van der Waals surface area contributed by atoms with Crippen LogP contribution in [0.3, 0.4) is 0 Å². The maximum Gasteiger partial charge on any atom is 0.287 e. The van der Waals surface area contributed by atoms with Gasteiger partial charge in [-0.25, -0.2) is 0 Å². The summed E-state index contributed by atoms with van der Waals surface area (Å²) in [5, 5.41) is 12.5. The second kappa shape index (κ2) is 4.89. The summed E-state index contributed by atoms with van der Waals surface area (Å²) in [6.45, 7) is 1.81. The summed E-state index contributed by atoms with van der Waals surface area (Å²) in [5.41, 5.74) is 0.648. The molecule has 1 amide bonds. The van der Waals surface area contributed by atoms with Crippen molar-refractivity contribution in [3.63, 3.8) is 0 Å². The molecule has 1 aromatic carbocycles. The molecular weight excluding hydrogens is 286 g/mol. The van der Waals surface area contributed by atoms with Crippen molar-refractivity contribution in [2.24, 2.45) is 0 Å². The lowest BCUT2D eigenvalue weighted by Crippen LogP contribution is -2.30. The van der Waals surface area contributed by atoms with Gasteiger partial charge in [0.15, 0.2) is 5.76 Å². The summed E-state index contributed by atoms with van der Waals surface area (Å²) in [6.07, 6.45) is -0.574. The second-order valence-electron chi connectivity index (χ2n) is 3.83. The van der Waals surface area contributed by atoms with Crippen LogP contribution in [0.5, 0.6) is 0 Å². The molecule has 0 saturated heterocycles. The van der Waals surface area contributed by atoms with Crippen LogP contribution in [0, 0.1) is 0 Å². The molecule has 90 valence electrons. The molecule has 1 atom stereocenters. The van der Waals surface area contributed by atoms with E-state index in [1.165, 1.54) is 0 Å². The number of aliphatic hydroxyl groups is 1. The van der Waals surface area contributed by atoms with Crippen molar-refractivity contribution in [1.29, 1.82) is 0 Å². The van der Waals surface area contributed by atoms with E-state index in [2.05, 4.69) is 21.2 Å². The molecule has 0 fully saturated rings. The molecule has 4 nitrogen and oxygen atoms in total. The fourth-order valence-electron chi connectivity index (χ4n) is 1.47. The molecule has 0 saturated carbocycles. The van der Waals surface area contributed by atoms with Gasteiger partial charge in [-0.3, -0.25) is 4.79 Å². The Morgan fingerprint density at radius 2 is 2.35 bits per heavy atom. The standard InChI is InChI=1S/C12H12BrNO3/c1-7(15)6-14-12(16)10-5-8-3-2-4-9(13)11(8)17-10/h2-5,7,15H,6H2,1H3,(H,14,16)/t7-/m1/s1. The fourth-order valence-corrected chi connectivity index (χ4v) is 1.93. The first-order valence-corrected chi connectivity index (χ1v) is 6.01. The minimum Gasteiger partial charge on any atom is -0.450 e. The van der Waals surface area contributed by atoms with Gasteiger partial charge in [-0.2, -0.15) is 0 Å². The maximum absolute atomic E-state index is 11.7. The van der Waals surface area contributed by atoms with Crippen LogP contribution in [0.4, 0.5) is 0 Å². The second-order valence-corrected chi connectivity index (χ2v) is 4.68. The molecule has 1 aromatic heterocycles. The van der Waals surface area contributed by atoms with Gasteiger partial charge in [0, 0.05) is 11.9 Å². The van der Waals surface area contributed by atoms with Crippen LogP contribution in [-0.4, -0.2) is 23.7 Å². The predicted molar refractivity (Wildman–Crippen MR) is 67.9 cm³/mol. The summed E-state index contributed by atoms with van der Waals surface area (Å²) in [7, 11) is 0. The minimum atomic E-state index is -0.574. The third-order valence-corrected chi connectivity index (χ3v) is 2.90. The summed E-state index contributed by atoms with van der Waals surface area (Å²) in [5.74, 6) is -0.0819. The van der Waals surface area contributed by atoms with E-state index in [1.807, 2.05) is 18.2 Å². The van der Waals surface area contributed by atoms with E-state index in [1.54, 1.807) is 13.0 Å². The van der Waals surface area contributed by atoms with Crippen molar-refractivity contribution in [2.45, 2.75) is 13.0 Å². The molecule has 0 radical (unpaired) electrons. The van der Waals surface area contributed by atoms with Crippen molar-refractivity contribution in [1.82, 2.24) is 5.32 Å². The Balaban J connectivity index is 2.24. The lowest BCUT2D eigenvalue weighted by Gasteiger charge is -2.04. The molecule has 2 aromatic rings. The molecule has 2 N–H and O–H groups in total. The SMILES string of the molecule is C[C@@H](O)CNC(=O)c1cc2cccc(Br)c2o1. The number of nitrogens with one attached hydrogen (secondary N) is 1. The highest BCUT2D eigenvalue weighted by atomic mass is 79.9. The third-order valence-electron chi connectivity index (χ3n) is 2.28. The van der Waals surface area contributed by atoms with Crippen molar-refractivity contribution in [3.05, 3.63) is 34.5 Å². The quantitative estimate of drug-likeness (QED) is 0.914. The monoisotopic (exact) mass is 297 g/mol. The topological polar surface area (TPSA) is 62.5 Å². The molecular formula is C12H12BrNO3. The van der Waals surface area contributed by atoms with E-state index >= 15 is 0 Å². The van der Waals surface area contributed by atoms with Crippen LogP contribution in [0.15, 0.2) is 33.2 Å². The number of amides is 1. The highest BCUT2D eigenvalue weighted by Gasteiger charge is 2.13. The van der Waals surface area contributed by atoms with E-state index < -0.39 is 6.10 Å². The van der Waals surface area contributed by atoms with Gasteiger partial charge in [0.05, 0.1) is 10.6 Å². The first kappa shape index (κ1) is 12.1. The number of carbonyl (C=O) groups is 1. The zero-order chi connectivity index (χ0) is 12.4. The van der Waals surface area contributed by atoms with Gasteiger partial charge < -0.3 is 14.8 Å². The van der Waals surface area contributed by atoms with E-state index in [0.717, 1.165) is 9.86 Å². The highest BCUT2D eigenvalue weighted by Crippen LogP contribution is 2.26. The van der Waals surface area contributed by atoms with Gasteiger partial charge in [0.1, 0.15) is 5.58 Å². The van der Waals surface area contributed by atoms with Crippen molar-refractivity contribution >= 4 is 32.8 Å². The summed E-state index contributed by atoms with van der Waals surface area (Å²) in [6, 6.07) is 7.27. The molecule has 1 heterocycles. The van der Waals surface area contributed by atoms with Gasteiger partial charge >= 0.3 is 0 Å². The zero-order valence-corrected chi connectivity index (χ0v) is 10.8. The first-order chi connectivity index (χ1) is 8.08. The molecule has 0 unspecified atom stereocenters. The van der Waals surface area contributed by atoms with E-state index in [-0.39, 0.29) is 18.2 Å². The van der Waals surface area contributed by atoms with Gasteiger partial charge in [0.2, 0.25) is 0 Å². The lowest BCUT2D eigenvalue weighted by atomic mass is 10.2. The third kappa shape index (κ3) is 2.68. The Bertz CT molecular complexity index is 548. The number of hydrogen-bond acceptors (Lipinski definition) is 3. The highest BCUT2D eigenvalue weighted by molar-refractivity contribution is 9.10. The molecule has 0 aliphatic rings. The number of benzene rings is 1. The van der Waals surface area contributed by atoms with Crippen LogP contribution in [-0.2, 0) is 0 Å². The molecule has 0 bridgehead atoms. The normalized spacial score (nSPS) is 12.6. The summed E-state index contributed by atoms with van der Waals surface area (Å²) < 4.78 is 6.26. The fraction of sp³-hybridized carbons (Fsp3) is 0.250. The number of rotatable bonds is 3. The number of fused-ring (bicyclic) bond motifs is 1. The van der Waals surface area contributed by atoms with E-state index in [9.17, 15) is 4.79 Å². The Labute approximate surface area is 107 Å². The molecule has 2 rings (SSSR count). The maximum atomic E-state index is 11.7. The van der Waals surface area contributed by atoms with Gasteiger partial charge in [0.25, 0.3) is 5.91 Å². The Morgan fingerprint density at radius 3 is 3.00 bits per heavy atom. The smallest absolute Gasteiger partial charge is 0.287 e. The van der Waals surface area contributed by atoms with E-state index in [4.69, 9.17) is 9.52 Å². The zero-order valence-electron chi connectivity index (χ0n) is 9.24. The van der Waals surface area contributed by atoms with E-state index in [0.29, 0.717) is 5.58 Å². The number of hydrogen-bond donors (Lipinski definition) is 2. The first-order valence-electron chi connectivity index (χ1n) is 5.22. The average molecular weight is 298 g/mol. The van der Waals surface area contributed by atoms with Crippen LogP contribution >= 0.6 is 15.9 Å². The van der Waals surface area contributed by atoms with Gasteiger partial charge in [-0.1, -0.05) is 12.1 Å². The Hall–Kier alpha value is -1.33. The number of carbonyl (C=O) groups excluding carboxylic acids is 1. The molecule has 17 heavy (non-hydrogen) atoms. The number of aliphatic hydroxyl groups excluding tert-OH is 1. The summed E-state index contributed by atoms with van der Waals surface area (Å²) in [4.78, 5) is 11.7. The lowest BCUT2D eigenvalue weighted by molar-refractivity contribution is 0.0898. The van der Waals surface area contributed by atoms with Crippen LogP contribution in [0.2, 0.25) is 0 Å². The largest absolute Gasteiger partial charge is 0.450 e. The summed E-state index contributed by atoms with van der Waals surface area (Å²) >= 11 is 3.36.